The average molecular weight is 340 g/mol. The highest BCUT2D eigenvalue weighted by molar-refractivity contribution is 8.00. The molecule has 124 valence electrons. The molecule has 0 unspecified atom stereocenters. The van der Waals surface area contributed by atoms with Gasteiger partial charge in [-0.25, -0.2) is 9.97 Å². The first-order valence-electron chi connectivity index (χ1n) is 8.06. The molecule has 1 atom stereocenters. The lowest BCUT2D eigenvalue weighted by Crippen LogP contribution is -2.24. The number of aryl methyl sites for hydroxylation is 1. The number of nitrogens with one attached hydrogen (secondary N) is 2. The zero-order valence-corrected chi connectivity index (χ0v) is 14.6. The van der Waals surface area contributed by atoms with Crippen LogP contribution in [0.4, 0.5) is 5.69 Å². The van der Waals surface area contributed by atoms with Gasteiger partial charge in [-0.3, -0.25) is 4.79 Å². The number of carbonyl (C=O) groups excluding carboxylic acids is 1. The number of thioether (sulfide) groups is 1. The number of aromatic amines is 1. The number of hydrogen-bond donors (Lipinski definition) is 2. The summed E-state index contributed by atoms with van der Waals surface area (Å²) in [6.07, 6.45) is 3.41. The first-order valence-corrected chi connectivity index (χ1v) is 8.94. The van der Waals surface area contributed by atoms with Crippen molar-refractivity contribution in [2.45, 2.75) is 37.1 Å². The van der Waals surface area contributed by atoms with E-state index < -0.39 is 0 Å². The van der Waals surface area contributed by atoms with Gasteiger partial charge < -0.3 is 10.3 Å². The van der Waals surface area contributed by atoms with Crippen molar-refractivity contribution >= 4 is 34.5 Å². The van der Waals surface area contributed by atoms with Gasteiger partial charge in [0.05, 0.1) is 10.8 Å². The molecule has 0 radical (unpaired) electrons. The van der Waals surface area contributed by atoms with Gasteiger partial charge >= 0.3 is 0 Å². The minimum absolute atomic E-state index is 0.0137. The number of H-pyrrole nitrogens is 1. The van der Waals surface area contributed by atoms with E-state index in [1.165, 1.54) is 17.3 Å². The molecule has 3 aromatic rings. The first kappa shape index (κ1) is 16.5. The normalized spacial score (nSPS) is 12.2. The standard InChI is InChI=1S/C18H20N4OS/c1-3-12-7-9-13(10-8-12)20-17(23)15(4-2)24-18-21-14-6-5-11-19-16(14)22-18/h5-11,15H,3-4H2,1-2H3,(H,20,23)(H,19,21,22)/t15-/m0/s1. The second-order valence-corrected chi connectivity index (χ2v) is 6.66. The van der Waals surface area contributed by atoms with Crippen molar-refractivity contribution in [2.24, 2.45) is 0 Å². The van der Waals surface area contributed by atoms with Gasteiger partial charge in [0.1, 0.15) is 0 Å². The Morgan fingerprint density at radius 3 is 2.71 bits per heavy atom. The molecule has 0 fully saturated rings. The number of hydrogen-bond acceptors (Lipinski definition) is 4. The van der Waals surface area contributed by atoms with Crippen LogP contribution in [-0.4, -0.2) is 26.1 Å². The van der Waals surface area contributed by atoms with E-state index in [1.54, 1.807) is 6.20 Å². The summed E-state index contributed by atoms with van der Waals surface area (Å²) in [5, 5.41) is 3.48. The third kappa shape index (κ3) is 3.76. The molecule has 0 saturated carbocycles. The van der Waals surface area contributed by atoms with Crippen LogP contribution in [0.2, 0.25) is 0 Å². The van der Waals surface area contributed by atoms with Crippen molar-refractivity contribution in [1.82, 2.24) is 15.0 Å². The molecule has 1 aromatic carbocycles. The van der Waals surface area contributed by atoms with Gasteiger partial charge in [-0.2, -0.15) is 0 Å². The molecular weight excluding hydrogens is 320 g/mol. The largest absolute Gasteiger partial charge is 0.332 e. The van der Waals surface area contributed by atoms with Crippen molar-refractivity contribution in [3.8, 4) is 0 Å². The number of amides is 1. The fraction of sp³-hybridized carbons (Fsp3) is 0.278. The molecular formula is C18H20N4OS. The van der Waals surface area contributed by atoms with Crippen LogP contribution in [0.3, 0.4) is 0 Å². The zero-order chi connectivity index (χ0) is 16.9. The van der Waals surface area contributed by atoms with Gasteiger partial charge in [-0.15, -0.1) is 0 Å². The number of rotatable bonds is 6. The number of nitrogens with zero attached hydrogens (tertiary/aromatic N) is 2. The molecule has 2 aromatic heterocycles. The van der Waals surface area contributed by atoms with E-state index in [4.69, 9.17) is 0 Å². The lowest BCUT2D eigenvalue weighted by molar-refractivity contribution is -0.115. The summed E-state index contributed by atoms with van der Waals surface area (Å²) in [5.74, 6) is -0.0137. The Morgan fingerprint density at radius 1 is 1.25 bits per heavy atom. The van der Waals surface area contributed by atoms with Gasteiger partial charge in [-0.05, 0) is 42.7 Å². The van der Waals surface area contributed by atoms with Gasteiger partial charge in [0.15, 0.2) is 10.8 Å². The maximum absolute atomic E-state index is 12.5. The highest BCUT2D eigenvalue weighted by Crippen LogP contribution is 2.25. The Morgan fingerprint density at radius 2 is 2.04 bits per heavy atom. The van der Waals surface area contributed by atoms with E-state index in [2.05, 4.69) is 27.2 Å². The highest BCUT2D eigenvalue weighted by atomic mass is 32.2. The summed E-state index contributed by atoms with van der Waals surface area (Å²) >= 11 is 1.43. The molecule has 2 N–H and O–H groups in total. The fourth-order valence-electron chi connectivity index (χ4n) is 2.38. The van der Waals surface area contributed by atoms with E-state index in [0.29, 0.717) is 17.2 Å². The van der Waals surface area contributed by atoms with Crippen molar-refractivity contribution < 1.29 is 4.79 Å². The maximum Gasteiger partial charge on any atom is 0.237 e. The lowest BCUT2D eigenvalue weighted by Gasteiger charge is -2.13. The first-order chi connectivity index (χ1) is 11.7. The predicted molar refractivity (Wildman–Crippen MR) is 98.3 cm³/mol. The molecule has 0 aliphatic heterocycles. The van der Waals surface area contributed by atoms with Gasteiger partial charge in [0, 0.05) is 11.9 Å². The Hall–Kier alpha value is -2.34. The molecule has 2 heterocycles. The third-order valence-corrected chi connectivity index (χ3v) is 5.03. The van der Waals surface area contributed by atoms with E-state index in [1.807, 2.05) is 43.3 Å². The van der Waals surface area contributed by atoms with Crippen LogP contribution in [0.5, 0.6) is 0 Å². The Bertz CT molecular complexity index is 795. The Kier molecular flexibility index (Phi) is 5.15. The van der Waals surface area contributed by atoms with Crippen molar-refractivity contribution in [2.75, 3.05) is 5.32 Å². The SMILES string of the molecule is CCc1ccc(NC(=O)[C@H](CC)Sc2nc3ncccc3[nH]2)cc1. The van der Waals surface area contributed by atoms with Crippen molar-refractivity contribution in [3.05, 3.63) is 48.2 Å². The van der Waals surface area contributed by atoms with Crippen LogP contribution in [0, 0.1) is 0 Å². The van der Waals surface area contributed by atoms with E-state index in [-0.39, 0.29) is 11.2 Å². The molecule has 0 saturated heterocycles. The molecule has 0 spiro atoms. The molecule has 6 heteroatoms. The smallest absolute Gasteiger partial charge is 0.237 e. The van der Waals surface area contributed by atoms with Crippen molar-refractivity contribution in [1.29, 1.82) is 0 Å². The van der Waals surface area contributed by atoms with Crippen LogP contribution in [0.15, 0.2) is 47.8 Å². The van der Waals surface area contributed by atoms with Crippen LogP contribution in [0.1, 0.15) is 25.8 Å². The summed E-state index contributed by atoms with van der Waals surface area (Å²) in [5.41, 5.74) is 3.63. The van der Waals surface area contributed by atoms with E-state index >= 15 is 0 Å². The van der Waals surface area contributed by atoms with Crippen LogP contribution in [0.25, 0.3) is 11.2 Å². The van der Waals surface area contributed by atoms with Crippen LogP contribution < -0.4 is 5.32 Å². The Balaban J connectivity index is 1.69. The molecule has 1 amide bonds. The van der Waals surface area contributed by atoms with Crippen LogP contribution >= 0.6 is 11.8 Å². The molecule has 3 rings (SSSR count). The molecule has 0 aliphatic carbocycles. The number of pyridine rings is 1. The fourth-order valence-corrected chi connectivity index (χ4v) is 3.29. The summed E-state index contributed by atoms with van der Waals surface area (Å²) in [6.45, 7) is 4.11. The number of fused-ring (bicyclic) bond motifs is 1. The highest BCUT2D eigenvalue weighted by Gasteiger charge is 2.20. The molecule has 0 aliphatic rings. The number of carbonyl (C=O) groups is 1. The second-order valence-electron chi connectivity index (χ2n) is 5.47. The topological polar surface area (TPSA) is 70.7 Å². The minimum Gasteiger partial charge on any atom is -0.332 e. The van der Waals surface area contributed by atoms with Crippen molar-refractivity contribution in [3.63, 3.8) is 0 Å². The number of imidazole rings is 1. The van der Waals surface area contributed by atoms with E-state index in [0.717, 1.165) is 17.6 Å². The summed E-state index contributed by atoms with van der Waals surface area (Å²) in [4.78, 5) is 24.4. The van der Waals surface area contributed by atoms with Gasteiger partial charge in [0.25, 0.3) is 0 Å². The lowest BCUT2D eigenvalue weighted by atomic mass is 10.1. The van der Waals surface area contributed by atoms with E-state index in [9.17, 15) is 4.79 Å². The van der Waals surface area contributed by atoms with Gasteiger partial charge in [0.2, 0.25) is 5.91 Å². The minimum atomic E-state index is -0.212. The third-order valence-electron chi connectivity index (χ3n) is 3.78. The number of anilines is 1. The summed E-state index contributed by atoms with van der Waals surface area (Å²) < 4.78 is 0. The maximum atomic E-state index is 12.5. The second kappa shape index (κ2) is 7.49. The molecule has 0 bridgehead atoms. The Labute approximate surface area is 145 Å². The predicted octanol–water partition coefficient (Wildman–Crippen LogP) is 4.03. The van der Waals surface area contributed by atoms with Crippen LogP contribution in [-0.2, 0) is 11.2 Å². The number of aromatic nitrogens is 3. The molecule has 24 heavy (non-hydrogen) atoms. The average Bonchev–Trinajstić information content (AvgIpc) is 3.02. The number of benzene rings is 1. The summed E-state index contributed by atoms with van der Waals surface area (Å²) in [7, 11) is 0. The monoisotopic (exact) mass is 340 g/mol. The quantitative estimate of drug-likeness (QED) is 0.665. The zero-order valence-electron chi connectivity index (χ0n) is 13.7. The van der Waals surface area contributed by atoms with Gasteiger partial charge in [-0.1, -0.05) is 37.7 Å². The summed E-state index contributed by atoms with van der Waals surface area (Å²) in [6, 6.07) is 11.7. The molecule has 5 nitrogen and oxygen atoms in total.